The lowest BCUT2D eigenvalue weighted by Crippen LogP contribution is -2.35. The van der Waals surface area contributed by atoms with Crippen molar-refractivity contribution in [3.05, 3.63) is 0 Å². The number of nitrogens with two attached hydrogens (primary N) is 1. The van der Waals surface area contributed by atoms with Crippen LogP contribution in [0.3, 0.4) is 0 Å². The molecule has 2 fully saturated rings. The van der Waals surface area contributed by atoms with Gasteiger partial charge in [0.1, 0.15) is 0 Å². The zero-order valence-electron chi connectivity index (χ0n) is 8.95. The Morgan fingerprint density at radius 3 is 2.64 bits per heavy atom. The fourth-order valence-electron chi connectivity index (χ4n) is 2.13. The summed E-state index contributed by atoms with van der Waals surface area (Å²) >= 11 is 0. The van der Waals surface area contributed by atoms with Crippen LogP contribution in [-0.2, 0) is 9.53 Å². The van der Waals surface area contributed by atoms with Crippen LogP contribution in [0.4, 0.5) is 0 Å². The molecule has 1 saturated carbocycles. The molecule has 3 heteroatoms. The second-order valence-electron chi connectivity index (χ2n) is 5.14. The number of carbonyl (C=O) groups excluding carboxylic acids is 1. The van der Waals surface area contributed by atoms with Crippen LogP contribution in [0.5, 0.6) is 0 Å². The topological polar surface area (TPSA) is 55.6 Å². The summed E-state index contributed by atoms with van der Waals surface area (Å²) in [6.45, 7) is 4.29. The standard InChI is InChI=1S/C11H19NO2/c1-7(2)5-9-11(14-9,10(12)13)6-8-3-4-8/h7-9H,3-6H2,1-2H3,(H2,12,13). The van der Waals surface area contributed by atoms with Gasteiger partial charge in [-0.25, -0.2) is 0 Å². The lowest BCUT2D eigenvalue weighted by Gasteiger charge is -2.08. The molecule has 0 radical (unpaired) electrons. The molecular weight excluding hydrogens is 178 g/mol. The second-order valence-corrected chi connectivity index (χ2v) is 5.14. The molecule has 0 aromatic rings. The molecule has 2 rings (SSSR count). The number of ether oxygens (including phenoxy) is 1. The van der Waals surface area contributed by atoms with Gasteiger partial charge in [0.05, 0.1) is 6.10 Å². The smallest absolute Gasteiger partial charge is 0.252 e. The second kappa shape index (κ2) is 3.23. The van der Waals surface area contributed by atoms with E-state index in [0.717, 1.165) is 12.8 Å². The predicted octanol–water partition coefficient (Wildman–Crippen LogP) is 1.46. The van der Waals surface area contributed by atoms with Gasteiger partial charge in [0, 0.05) is 0 Å². The molecule has 1 aliphatic heterocycles. The third kappa shape index (κ3) is 1.78. The predicted molar refractivity (Wildman–Crippen MR) is 53.6 cm³/mol. The van der Waals surface area contributed by atoms with Gasteiger partial charge in [-0.05, 0) is 24.7 Å². The van der Waals surface area contributed by atoms with Gasteiger partial charge in [0.15, 0.2) is 5.60 Å². The Hall–Kier alpha value is -0.570. The SMILES string of the molecule is CC(C)CC1OC1(CC1CC1)C(N)=O. The monoisotopic (exact) mass is 197 g/mol. The van der Waals surface area contributed by atoms with E-state index < -0.39 is 5.60 Å². The summed E-state index contributed by atoms with van der Waals surface area (Å²) < 4.78 is 5.55. The van der Waals surface area contributed by atoms with Crippen molar-refractivity contribution in [3.8, 4) is 0 Å². The Balaban J connectivity index is 1.93. The Kier molecular flexibility index (Phi) is 2.30. The minimum Gasteiger partial charge on any atom is -0.367 e. The van der Waals surface area contributed by atoms with Crippen molar-refractivity contribution in [3.63, 3.8) is 0 Å². The maximum absolute atomic E-state index is 11.3. The lowest BCUT2D eigenvalue weighted by atomic mass is 9.92. The third-order valence-electron chi connectivity index (χ3n) is 3.21. The molecule has 0 aromatic carbocycles. The highest BCUT2D eigenvalue weighted by Crippen LogP contribution is 2.50. The van der Waals surface area contributed by atoms with Crippen LogP contribution in [0.15, 0.2) is 0 Å². The van der Waals surface area contributed by atoms with Crippen LogP contribution in [0.25, 0.3) is 0 Å². The first-order chi connectivity index (χ1) is 6.54. The summed E-state index contributed by atoms with van der Waals surface area (Å²) in [5, 5.41) is 0. The highest BCUT2D eigenvalue weighted by atomic mass is 16.6. The number of amides is 1. The molecule has 0 aromatic heterocycles. The maximum atomic E-state index is 11.3. The van der Waals surface area contributed by atoms with E-state index in [0.29, 0.717) is 11.8 Å². The normalized spacial score (nSPS) is 36.1. The highest BCUT2D eigenvalue weighted by molar-refractivity contribution is 5.87. The molecule has 3 nitrogen and oxygen atoms in total. The summed E-state index contributed by atoms with van der Waals surface area (Å²) in [4.78, 5) is 11.3. The fraction of sp³-hybridized carbons (Fsp3) is 0.909. The highest BCUT2D eigenvalue weighted by Gasteiger charge is 2.62. The number of primary amides is 1. The van der Waals surface area contributed by atoms with Crippen molar-refractivity contribution in [1.29, 1.82) is 0 Å². The molecule has 0 bridgehead atoms. The van der Waals surface area contributed by atoms with Crippen LogP contribution in [0.1, 0.15) is 39.5 Å². The van der Waals surface area contributed by atoms with E-state index in [1.54, 1.807) is 0 Å². The Morgan fingerprint density at radius 2 is 2.21 bits per heavy atom. The van der Waals surface area contributed by atoms with Crippen LogP contribution in [0.2, 0.25) is 0 Å². The van der Waals surface area contributed by atoms with Crippen molar-refractivity contribution in [1.82, 2.24) is 0 Å². The average molecular weight is 197 g/mol. The van der Waals surface area contributed by atoms with Crippen molar-refractivity contribution in [2.75, 3.05) is 0 Å². The molecule has 2 N–H and O–H groups in total. The molecule has 80 valence electrons. The van der Waals surface area contributed by atoms with Gasteiger partial charge in [-0.3, -0.25) is 4.79 Å². The maximum Gasteiger partial charge on any atom is 0.252 e. The van der Waals surface area contributed by atoms with Crippen molar-refractivity contribution < 1.29 is 9.53 Å². The van der Waals surface area contributed by atoms with Gasteiger partial charge >= 0.3 is 0 Å². The van der Waals surface area contributed by atoms with Crippen molar-refractivity contribution in [2.24, 2.45) is 17.6 Å². The van der Waals surface area contributed by atoms with E-state index in [4.69, 9.17) is 10.5 Å². The quantitative estimate of drug-likeness (QED) is 0.678. The van der Waals surface area contributed by atoms with Gasteiger partial charge in [-0.15, -0.1) is 0 Å². The largest absolute Gasteiger partial charge is 0.367 e. The zero-order valence-corrected chi connectivity index (χ0v) is 8.95. The molecule has 1 aliphatic carbocycles. The average Bonchev–Trinajstić information content (AvgIpc) is 2.91. The summed E-state index contributed by atoms with van der Waals surface area (Å²) in [5.74, 6) is 1.01. The van der Waals surface area contributed by atoms with Gasteiger partial charge < -0.3 is 10.5 Å². The first-order valence-electron chi connectivity index (χ1n) is 5.52. The van der Waals surface area contributed by atoms with Crippen LogP contribution < -0.4 is 5.73 Å². The van der Waals surface area contributed by atoms with Crippen molar-refractivity contribution in [2.45, 2.75) is 51.2 Å². The van der Waals surface area contributed by atoms with Crippen LogP contribution in [0, 0.1) is 11.8 Å². The number of epoxide rings is 1. The Morgan fingerprint density at radius 1 is 1.57 bits per heavy atom. The van der Waals surface area contributed by atoms with E-state index in [-0.39, 0.29) is 12.0 Å². The van der Waals surface area contributed by atoms with E-state index in [9.17, 15) is 4.79 Å². The zero-order chi connectivity index (χ0) is 10.3. The first kappa shape index (κ1) is 9.97. The first-order valence-corrected chi connectivity index (χ1v) is 5.52. The number of hydrogen-bond acceptors (Lipinski definition) is 2. The molecule has 2 atom stereocenters. The molecule has 1 saturated heterocycles. The van der Waals surface area contributed by atoms with Crippen molar-refractivity contribution >= 4 is 5.91 Å². The van der Waals surface area contributed by atoms with E-state index >= 15 is 0 Å². The van der Waals surface area contributed by atoms with E-state index in [1.165, 1.54) is 12.8 Å². The minimum atomic E-state index is -0.578. The molecule has 2 aliphatic rings. The Bertz CT molecular complexity index is 248. The van der Waals surface area contributed by atoms with Gasteiger partial charge in [-0.1, -0.05) is 26.7 Å². The van der Waals surface area contributed by atoms with Gasteiger partial charge in [-0.2, -0.15) is 0 Å². The minimum absolute atomic E-state index is 0.0978. The molecule has 1 heterocycles. The molecule has 14 heavy (non-hydrogen) atoms. The molecule has 1 amide bonds. The fourth-order valence-corrected chi connectivity index (χ4v) is 2.13. The summed E-state index contributed by atoms with van der Waals surface area (Å²) in [6.07, 6.45) is 4.40. The molecule has 0 spiro atoms. The summed E-state index contributed by atoms with van der Waals surface area (Å²) in [5.41, 5.74) is 4.83. The lowest BCUT2D eigenvalue weighted by molar-refractivity contribution is -0.123. The Labute approximate surface area is 85.0 Å². The van der Waals surface area contributed by atoms with Crippen LogP contribution in [-0.4, -0.2) is 17.6 Å². The van der Waals surface area contributed by atoms with Crippen LogP contribution >= 0.6 is 0 Å². The summed E-state index contributed by atoms with van der Waals surface area (Å²) in [7, 11) is 0. The number of carbonyl (C=O) groups is 1. The molecule has 2 unspecified atom stereocenters. The van der Waals surface area contributed by atoms with E-state index in [1.807, 2.05) is 0 Å². The van der Waals surface area contributed by atoms with E-state index in [2.05, 4.69) is 13.8 Å². The summed E-state index contributed by atoms with van der Waals surface area (Å²) in [6, 6.07) is 0. The third-order valence-corrected chi connectivity index (χ3v) is 3.21. The number of rotatable bonds is 5. The number of hydrogen-bond donors (Lipinski definition) is 1. The van der Waals surface area contributed by atoms with Gasteiger partial charge in [0.25, 0.3) is 5.91 Å². The van der Waals surface area contributed by atoms with Gasteiger partial charge in [0.2, 0.25) is 0 Å². The molecular formula is C11H19NO2.